The highest BCUT2D eigenvalue weighted by molar-refractivity contribution is 6.33. The Balaban J connectivity index is 1.77. The van der Waals surface area contributed by atoms with Gasteiger partial charge in [-0.05, 0) is 56.2 Å². The highest BCUT2D eigenvalue weighted by Gasteiger charge is 2.37. The van der Waals surface area contributed by atoms with E-state index in [4.69, 9.17) is 43.9 Å². The Bertz CT molecular complexity index is 1500. The molecule has 3 N–H and O–H groups in total. The van der Waals surface area contributed by atoms with Gasteiger partial charge in [-0.15, -0.1) is 0 Å². The van der Waals surface area contributed by atoms with Crippen molar-refractivity contribution in [2.24, 2.45) is 11.1 Å². The smallest absolute Gasteiger partial charge is 0.229 e. The van der Waals surface area contributed by atoms with Crippen molar-refractivity contribution in [2.45, 2.75) is 26.7 Å². The summed E-state index contributed by atoms with van der Waals surface area (Å²) in [6.07, 6.45) is 1.21. The lowest BCUT2D eigenvalue weighted by Crippen LogP contribution is -2.45. The number of nitrogens with zero attached hydrogens (tertiary/aromatic N) is 6. The lowest BCUT2D eigenvalue weighted by atomic mass is 9.80. The van der Waals surface area contributed by atoms with Crippen molar-refractivity contribution >= 4 is 52.0 Å². The molecule has 39 heavy (non-hydrogen) atoms. The van der Waals surface area contributed by atoms with Crippen LogP contribution >= 0.6 is 23.2 Å². The molecule has 0 spiro atoms. The van der Waals surface area contributed by atoms with Gasteiger partial charge in [0, 0.05) is 47.9 Å². The molecule has 5 rings (SSSR count). The fourth-order valence-electron chi connectivity index (χ4n) is 4.93. The summed E-state index contributed by atoms with van der Waals surface area (Å²) in [7, 11) is 0. The van der Waals surface area contributed by atoms with E-state index in [0.29, 0.717) is 77.8 Å². The van der Waals surface area contributed by atoms with Gasteiger partial charge in [-0.3, -0.25) is 9.36 Å². The lowest BCUT2D eigenvalue weighted by Gasteiger charge is -2.38. The number of piperidine rings is 1. The first-order valence-corrected chi connectivity index (χ1v) is 13.7. The van der Waals surface area contributed by atoms with Crippen LogP contribution in [0.5, 0.6) is 0 Å². The predicted octanol–water partition coefficient (Wildman–Crippen LogP) is 4.70. The average molecular weight is 569 g/mol. The number of anilines is 2. The summed E-state index contributed by atoms with van der Waals surface area (Å²) in [5, 5.41) is 10.9. The summed E-state index contributed by atoms with van der Waals surface area (Å²) >= 11 is 12.9. The summed E-state index contributed by atoms with van der Waals surface area (Å²) < 4.78 is 1.96. The number of nitrogens with two attached hydrogens (primary N) is 1. The summed E-state index contributed by atoms with van der Waals surface area (Å²) in [6.45, 7) is 6.04. The van der Waals surface area contributed by atoms with E-state index >= 15 is 0 Å². The number of rotatable bonds is 8. The van der Waals surface area contributed by atoms with E-state index in [1.165, 1.54) is 0 Å². The van der Waals surface area contributed by atoms with Crippen molar-refractivity contribution in [3.8, 4) is 17.1 Å². The average Bonchev–Trinajstić information content (AvgIpc) is 3.31. The van der Waals surface area contributed by atoms with Crippen LogP contribution in [0.4, 0.5) is 11.8 Å². The first-order chi connectivity index (χ1) is 18.8. The summed E-state index contributed by atoms with van der Waals surface area (Å²) in [5.74, 6) is 1.48. The molecule has 204 valence electrons. The minimum Gasteiger partial charge on any atom is -0.395 e. The molecular weight excluding hydrogens is 537 g/mol. The van der Waals surface area contributed by atoms with Crippen LogP contribution in [0.2, 0.25) is 10.0 Å². The molecule has 1 amide bonds. The highest BCUT2D eigenvalue weighted by Crippen LogP contribution is 2.38. The number of halogens is 2. The fourth-order valence-corrected chi connectivity index (χ4v) is 5.28. The summed E-state index contributed by atoms with van der Waals surface area (Å²) in [4.78, 5) is 31.2. The van der Waals surface area contributed by atoms with Gasteiger partial charge in [0.05, 0.1) is 11.6 Å². The highest BCUT2D eigenvalue weighted by atomic mass is 35.5. The molecule has 2 aromatic carbocycles. The number of primary amides is 1. The van der Waals surface area contributed by atoms with Gasteiger partial charge < -0.3 is 20.6 Å². The van der Waals surface area contributed by atoms with Crippen molar-refractivity contribution in [1.29, 1.82) is 0 Å². The number of aliphatic hydroxyl groups is 1. The van der Waals surface area contributed by atoms with Gasteiger partial charge in [-0.25, -0.2) is 4.98 Å². The molecule has 0 aliphatic carbocycles. The first kappa shape index (κ1) is 27.2. The van der Waals surface area contributed by atoms with E-state index in [-0.39, 0.29) is 12.5 Å². The van der Waals surface area contributed by atoms with Crippen molar-refractivity contribution in [2.75, 3.05) is 42.6 Å². The number of hydrogen-bond acceptors (Lipinski definition) is 7. The molecule has 11 heteroatoms. The van der Waals surface area contributed by atoms with Gasteiger partial charge in [0.1, 0.15) is 5.82 Å². The topological polar surface area (TPSA) is 113 Å². The van der Waals surface area contributed by atoms with Crippen LogP contribution in [-0.2, 0) is 4.79 Å². The van der Waals surface area contributed by atoms with Crippen LogP contribution < -0.4 is 15.5 Å². The molecule has 9 nitrogen and oxygen atoms in total. The Morgan fingerprint density at radius 1 is 1.08 bits per heavy atom. The first-order valence-electron chi connectivity index (χ1n) is 13.0. The van der Waals surface area contributed by atoms with Crippen LogP contribution in [0, 0.1) is 5.41 Å². The lowest BCUT2D eigenvalue weighted by molar-refractivity contribution is -0.127. The zero-order chi connectivity index (χ0) is 27.7. The minimum absolute atomic E-state index is 0.0351. The second-order valence-electron chi connectivity index (χ2n) is 9.96. The fraction of sp³-hybridized carbons (Fsp3) is 0.357. The molecule has 0 bridgehead atoms. The Morgan fingerprint density at radius 3 is 2.38 bits per heavy atom. The molecule has 4 aromatic rings. The van der Waals surface area contributed by atoms with Crippen LogP contribution in [-0.4, -0.2) is 63.3 Å². The predicted molar refractivity (Wildman–Crippen MR) is 156 cm³/mol. The van der Waals surface area contributed by atoms with Gasteiger partial charge in [-0.2, -0.15) is 9.97 Å². The summed E-state index contributed by atoms with van der Waals surface area (Å²) in [6, 6.07) is 15.0. The van der Waals surface area contributed by atoms with Gasteiger partial charge in [-0.1, -0.05) is 42.3 Å². The molecular formula is C28H31Cl2N7O2. The Morgan fingerprint density at radius 2 is 1.77 bits per heavy atom. The number of fused-ring (bicyclic) bond motifs is 1. The third kappa shape index (κ3) is 5.14. The monoisotopic (exact) mass is 567 g/mol. The van der Waals surface area contributed by atoms with Gasteiger partial charge in [0.25, 0.3) is 0 Å². The standard InChI is InChI=1S/C28H31Cl2N7O2/c1-3-35(16-17-38)27-33-24(36-14-12-28(2,13-15-36)26(31)39)22-25(34-27)37(19-10-8-18(29)9-11-19)23(32-22)20-6-4-5-7-21(20)30/h4-11,38H,3,12-17H2,1-2H3,(H2,31,39). The maximum atomic E-state index is 12.1. The van der Waals surface area contributed by atoms with Crippen molar-refractivity contribution in [1.82, 2.24) is 19.5 Å². The quantitative estimate of drug-likeness (QED) is 0.317. The van der Waals surface area contributed by atoms with Crippen LogP contribution in [0.25, 0.3) is 28.2 Å². The van der Waals surface area contributed by atoms with Gasteiger partial charge >= 0.3 is 0 Å². The van der Waals surface area contributed by atoms with E-state index in [1.54, 1.807) is 0 Å². The number of carbonyl (C=O) groups is 1. The number of benzene rings is 2. The number of aromatic nitrogens is 4. The van der Waals surface area contributed by atoms with E-state index in [0.717, 1.165) is 11.3 Å². The SMILES string of the molecule is CCN(CCO)c1nc(N2CCC(C)(C(N)=O)CC2)c2nc(-c3ccccc3Cl)n(-c3ccc(Cl)cc3)c2n1. The maximum absolute atomic E-state index is 12.1. The largest absolute Gasteiger partial charge is 0.395 e. The van der Waals surface area contributed by atoms with Crippen LogP contribution in [0.3, 0.4) is 0 Å². The Kier molecular flexibility index (Phi) is 7.66. The van der Waals surface area contributed by atoms with Gasteiger partial charge in [0.15, 0.2) is 17.0 Å². The van der Waals surface area contributed by atoms with E-state index in [2.05, 4.69) is 4.90 Å². The van der Waals surface area contributed by atoms with Crippen molar-refractivity contribution in [3.05, 3.63) is 58.6 Å². The molecule has 0 unspecified atom stereocenters. The van der Waals surface area contributed by atoms with Crippen molar-refractivity contribution in [3.63, 3.8) is 0 Å². The number of likely N-dealkylation sites (N-methyl/N-ethyl adjacent to an activating group) is 1. The Labute approximate surface area is 237 Å². The van der Waals surface area contributed by atoms with Crippen LogP contribution in [0.15, 0.2) is 48.5 Å². The molecule has 1 aliphatic rings. The summed E-state index contributed by atoms with van der Waals surface area (Å²) in [5.41, 5.74) is 7.94. The minimum atomic E-state index is -0.566. The zero-order valence-electron chi connectivity index (χ0n) is 21.9. The third-order valence-electron chi connectivity index (χ3n) is 7.47. The number of carbonyl (C=O) groups excluding carboxylic acids is 1. The molecule has 1 aliphatic heterocycles. The normalized spacial score (nSPS) is 15.1. The van der Waals surface area contributed by atoms with E-state index < -0.39 is 5.41 Å². The zero-order valence-corrected chi connectivity index (χ0v) is 23.5. The van der Waals surface area contributed by atoms with E-state index in [1.807, 2.05) is 71.8 Å². The molecule has 0 radical (unpaired) electrons. The number of hydrogen-bond donors (Lipinski definition) is 2. The molecule has 1 fully saturated rings. The van der Waals surface area contributed by atoms with Crippen LogP contribution in [0.1, 0.15) is 26.7 Å². The van der Waals surface area contributed by atoms with Crippen molar-refractivity contribution < 1.29 is 9.90 Å². The molecule has 2 aromatic heterocycles. The third-order valence-corrected chi connectivity index (χ3v) is 8.05. The molecule has 0 atom stereocenters. The van der Waals surface area contributed by atoms with Gasteiger partial charge in [0.2, 0.25) is 11.9 Å². The second kappa shape index (κ2) is 11.0. The molecule has 1 saturated heterocycles. The maximum Gasteiger partial charge on any atom is 0.229 e. The number of imidazole rings is 1. The second-order valence-corrected chi connectivity index (χ2v) is 10.8. The number of amides is 1. The Hall–Kier alpha value is -3.40. The number of aliphatic hydroxyl groups excluding tert-OH is 1. The molecule has 0 saturated carbocycles. The molecule has 3 heterocycles. The van der Waals surface area contributed by atoms with E-state index in [9.17, 15) is 9.90 Å².